The monoisotopic (exact) mass is 417 g/mol. The van der Waals surface area contributed by atoms with Crippen molar-refractivity contribution < 1.29 is 9.59 Å². The van der Waals surface area contributed by atoms with Gasteiger partial charge >= 0.3 is 0 Å². The van der Waals surface area contributed by atoms with Crippen LogP contribution in [0.4, 0.5) is 0 Å². The van der Waals surface area contributed by atoms with E-state index in [0.29, 0.717) is 43.4 Å². The highest BCUT2D eigenvalue weighted by molar-refractivity contribution is 7.12. The van der Waals surface area contributed by atoms with Gasteiger partial charge in [-0.1, -0.05) is 24.3 Å². The van der Waals surface area contributed by atoms with Crippen LogP contribution in [-0.4, -0.2) is 62.7 Å². The number of carbonyl (C=O) groups excluding carboxylic acids is 2. The molecular weight excluding hydrogens is 398 g/mol. The number of imidazole rings is 1. The molecule has 1 fully saturated rings. The molecule has 0 atom stereocenters. The Kier molecular flexibility index (Phi) is 4.76. The molecule has 8 heteroatoms. The first kappa shape index (κ1) is 18.5. The molecule has 1 aromatic carbocycles. The van der Waals surface area contributed by atoms with Crippen LogP contribution in [-0.2, 0) is 0 Å². The lowest BCUT2D eigenvalue weighted by molar-refractivity contribution is 0.0535. The number of thiophene rings is 1. The maximum Gasteiger partial charge on any atom is 0.272 e. The zero-order valence-electron chi connectivity index (χ0n) is 16.1. The molecule has 150 valence electrons. The van der Waals surface area contributed by atoms with Gasteiger partial charge in [0.15, 0.2) is 5.82 Å². The summed E-state index contributed by atoms with van der Waals surface area (Å²) < 4.78 is 0. The van der Waals surface area contributed by atoms with Crippen molar-refractivity contribution in [2.75, 3.05) is 26.2 Å². The van der Waals surface area contributed by atoms with Crippen LogP contribution in [0.25, 0.3) is 22.6 Å². The Morgan fingerprint density at radius 1 is 0.833 bits per heavy atom. The fourth-order valence-electron chi connectivity index (χ4n) is 3.59. The summed E-state index contributed by atoms with van der Waals surface area (Å²) >= 11 is 1.44. The molecule has 3 aromatic heterocycles. The number of aromatic amines is 1. The smallest absolute Gasteiger partial charge is 0.272 e. The highest BCUT2D eigenvalue weighted by Crippen LogP contribution is 2.20. The second-order valence-electron chi connectivity index (χ2n) is 7.07. The number of pyridine rings is 1. The van der Waals surface area contributed by atoms with Gasteiger partial charge in [-0.05, 0) is 35.7 Å². The second-order valence-corrected chi connectivity index (χ2v) is 8.02. The third kappa shape index (κ3) is 3.46. The molecule has 5 rings (SSSR count). The van der Waals surface area contributed by atoms with E-state index < -0.39 is 0 Å². The molecule has 1 saturated heterocycles. The summed E-state index contributed by atoms with van der Waals surface area (Å²) in [5.41, 5.74) is 2.80. The zero-order chi connectivity index (χ0) is 20.5. The number of nitrogens with one attached hydrogen (secondary N) is 1. The van der Waals surface area contributed by atoms with Crippen molar-refractivity contribution in [1.82, 2.24) is 24.8 Å². The van der Waals surface area contributed by atoms with Crippen LogP contribution in [0.5, 0.6) is 0 Å². The summed E-state index contributed by atoms with van der Waals surface area (Å²) in [5.74, 6) is 0.538. The molecule has 0 spiro atoms. The molecule has 7 nitrogen and oxygen atoms in total. The van der Waals surface area contributed by atoms with Crippen LogP contribution in [0, 0.1) is 0 Å². The van der Waals surface area contributed by atoms with E-state index >= 15 is 0 Å². The molecule has 2 amide bonds. The van der Waals surface area contributed by atoms with Gasteiger partial charge in [-0.15, -0.1) is 11.3 Å². The summed E-state index contributed by atoms with van der Waals surface area (Å²) in [7, 11) is 0. The minimum Gasteiger partial charge on any atom is -0.337 e. The fourth-order valence-corrected chi connectivity index (χ4v) is 4.28. The van der Waals surface area contributed by atoms with E-state index in [0.717, 1.165) is 15.9 Å². The Hall–Kier alpha value is -3.52. The molecule has 1 aliphatic rings. The van der Waals surface area contributed by atoms with Gasteiger partial charge in [-0.25, -0.2) is 9.97 Å². The Balaban J connectivity index is 1.30. The number of amides is 2. The number of H-pyrrole nitrogens is 1. The van der Waals surface area contributed by atoms with E-state index in [2.05, 4.69) is 15.0 Å². The molecule has 4 aromatic rings. The predicted molar refractivity (Wildman–Crippen MR) is 115 cm³/mol. The maximum absolute atomic E-state index is 13.0. The van der Waals surface area contributed by atoms with Crippen LogP contribution in [0.1, 0.15) is 20.2 Å². The summed E-state index contributed by atoms with van der Waals surface area (Å²) in [5, 5.41) is 1.90. The third-order valence-corrected chi connectivity index (χ3v) is 6.04. The van der Waals surface area contributed by atoms with E-state index in [9.17, 15) is 9.59 Å². The van der Waals surface area contributed by atoms with Gasteiger partial charge in [-0.2, -0.15) is 0 Å². The Bertz CT molecular complexity index is 1180. The number of nitrogens with zero attached hydrogens (tertiary/aromatic N) is 4. The van der Waals surface area contributed by atoms with Gasteiger partial charge in [0.2, 0.25) is 0 Å². The number of para-hydroxylation sites is 2. The van der Waals surface area contributed by atoms with E-state index in [1.54, 1.807) is 15.9 Å². The maximum atomic E-state index is 13.0. The second kappa shape index (κ2) is 7.72. The largest absolute Gasteiger partial charge is 0.337 e. The van der Waals surface area contributed by atoms with E-state index in [4.69, 9.17) is 0 Å². The SMILES string of the molecule is O=C(c1cccc(-c2nc3ccccc3[nH]2)n1)N1CCN(C(=O)c2cccs2)CC1. The lowest BCUT2D eigenvalue weighted by Gasteiger charge is -2.34. The average Bonchev–Trinajstić information content (AvgIpc) is 3.48. The number of hydrogen-bond acceptors (Lipinski definition) is 5. The van der Waals surface area contributed by atoms with Crippen molar-refractivity contribution in [3.63, 3.8) is 0 Å². The Labute approximate surface area is 177 Å². The highest BCUT2D eigenvalue weighted by atomic mass is 32.1. The molecule has 1 aliphatic heterocycles. The van der Waals surface area contributed by atoms with Crippen LogP contribution in [0.3, 0.4) is 0 Å². The zero-order valence-corrected chi connectivity index (χ0v) is 16.9. The fraction of sp³-hybridized carbons (Fsp3) is 0.182. The number of benzene rings is 1. The third-order valence-electron chi connectivity index (χ3n) is 5.19. The number of hydrogen-bond donors (Lipinski definition) is 1. The minimum absolute atomic E-state index is 0.0297. The average molecular weight is 417 g/mol. The van der Waals surface area contributed by atoms with Crippen molar-refractivity contribution >= 4 is 34.2 Å². The molecule has 0 unspecified atom stereocenters. The van der Waals surface area contributed by atoms with Crippen LogP contribution < -0.4 is 0 Å². The van der Waals surface area contributed by atoms with Crippen LogP contribution in [0.2, 0.25) is 0 Å². The first-order chi connectivity index (χ1) is 14.7. The lowest BCUT2D eigenvalue weighted by atomic mass is 10.2. The number of carbonyl (C=O) groups is 2. The van der Waals surface area contributed by atoms with E-state index in [1.165, 1.54) is 11.3 Å². The van der Waals surface area contributed by atoms with E-state index in [1.807, 2.05) is 53.9 Å². The minimum atomic E-state index is -0.129. The number of aromatic nitrogens is 3. The summed E-state index contributed by atoms with van der Waals surface area (Å²) in [6.45, 7) is 2.02. The van der Waals surface area contributed by atoms with Gasteiger partial charge in [0.1, 0.15) is 11.4 Å². The van der Waals surface area contributed by atoms with Crippen molar-refractivity contribution in [3.05, 3.63) is 70.5 Å². The first-order valence-electron chi connectivity index (χ1n) is 9.73. The van der Waals surface area contributed by atoms with Crippen LogP contribution >= 0.6 is 11.3 Å². The Morgan fingerprint density at radius 2 is 1.60 bits per heavy atom. The standard InChI is InChI=1S/C22H19N5O2S/c28-21(26-10-12-27(13-11-26)22(29)19-9-4-14-30-19)18-8-3-7-17(23-18)20-24-15-5-1-2-6-16(15)25-20/h1-9,14H,10-13H2,(H,24,25). The number of piperazine rings is 1. The molecule has 0 aliphatic carbocycles. The molecule has 1 N–H and O–H groups in total. The van der Waals surface area contributed by atoms with Crippen molar-refractivity contribution in [1.29, 1.82) is 0 Å². The summed E-state index contributed by atoms with van der Waals surface area (Å²) in [6.07, 6.45) is 0. The van der Waals surface area contributed by atoms with E-state index in [-0.39, 0.29) is 11.8 Å². The molecular formula is C22H19N5O2S. The topological polar surface area (TPSA) is 82.2 Å². The van der Waals surface area contributed by atoms with Crippen molar-refractivity contribution in [2.24, 2.45) is 0 Å². The molecule has 0 radical (unpaired) electrons. The predicted octanol–water partition coefficient (Wildman–Crippen LogP) is 3.28. The molecule has 0 bridgehead atoms. The summed E-state index contributed by atoms with van der Waals surface area (Å²) in [4.78, 5) is 42.1. The summed E-state index contributed by atoms with van der Waals surface area (Å²) in [6, 6.07) is 16.8. The number of rotatable bonds is 3. The molecule has 4 heterocycles. The van der Waals surface area contributed by atoms with Crippen LogP contribution in [0.15, 0.2) is 60.0 Å². The van der Waals surface area contributed by atoms with Gasteiger partial charge < -0.3 is 14.8 Å². The first-order valence-corrected chi connectivity index (χ1v) is 10.6. The highest BCUT2D eigenvalue weighted by Gasteiger charge is 2.26. The van der Waals surface area contributed by atoms with Crippen molar-refractivity contribution in [3.8, 4) is 11.5 Å². The Morgan fingerprint density at radius 3 is 2.33 bits per heavy atom. The van der Waals surface area contributed by atoms with Gasteiger partial charge in [-0.3, -0.25) is 9.59 Å². The quantitative estimate of drug-likeness (QED) is 0.555. The van der Waals surface area contributed by atoms with Gasteiger partial charge in [0, 0.05) is 26.2 Å². The molecule has 30 heavy (non-hydrogen) atoms. The van der Waals surface area contributed by atoms with Gasteiger partial charge in [0.05, 0.1) is 15.9 Å². The normalized spacial score (nSPS) is 14.3. The van der Waals surface area contributed by atoms with Crippen molar-refractivity contribution in [2.45, 2.75) is 0 Å². The van der Waals surface area contributed by atoms with Gasteiger partial charge in [0.25, 0.3) is 11.8 Å². The molecule has 0 saturated carbocycles. The number of fused-ring (bicyclic) bond motifs is 1. The lowest BCUT2D eigenvalue weighted by Crippen LogP contribution is -2.50.